The van der Waals surface area contributed by atoms with E-state index in [1.54, 1.807) is 11.9 Å². The zero-order chi connectivity index (χ0) is 12.3. The summed E-state index contributed by atoms with van der Waals surface area (Å²) in [6.45, 7) is 3.95. The summed E-state index contributed by atoms with van der Waals surface area (Å²) in [6.07, 6.45) is 1.00. The Labute approximate surface area is 95.8 Å². The number of hydrogen-bond donors (Lipinski definition) is 2. The summed E-state index contributed by atoms with van der Waals surface area (Å²) in [5, 5.41) is 11.9. The Hall–Kier alpha value is -1.10. The van der Waals surface area contributed by atoms with Gasteiger partial charge in [0.15, 0.2) is 0 Å². The van der Waals surface area contributed by atoms with Crippen molar-refractivity contribution in [2.75, 3.05) is 20.2 Å². The molecule has 1 rings (SSSR count). The number of likely N-dealkylation sites (N-methyl/N-ethyl adjacent to an activating group) is 1. The van der Waals surface area contributed by atoms with Crippen molar-refractivity contribution in [1.82, 2.24) is 10.2 Å². The van der Waals surface area contributed by atoms with Crippen molar-refractivity contribution in [2.24, 2.45) is 5.92 Å². The lowest BCUT2D eigenvalue weighted by molar-refractivity contribution is -0.142. The molecule has 0 saturated carbocycles. The third-order valence-electron chi connectivity index (χ3n) is 3.24. The minimum atomic E-state index is -0.557. The highest BCUT2D eigenvalue weighted by molar-refractivity contribution is 5.84. The van der Waals surface area contributed by atoms with Crippen molar-refractivity contribution in [1.29, 1.82) is 0 Å². The first-order chi connectivity index (χ1) is 7.38. The van der Waals surface area contributed by atoms with Gasteiger partial charge in [-0.15, -0.1) is 0 Å². The molecule has 5 nitrogen and oxygen atoms in total. The van der Waals surface area contributed by atoms with Crippen LogP contribution in [0.3, 0.4) is 0 Å². The van der Waals surface area contributed by atoms with Gasteiger partial charge in [0.05, 0.1) is 18.1 Å². The Morgan fingerprint density at radius 2 is 2.25 bits per heavy atom. The molecule has 2 amide bonds. The van der Waals surface area contributed by atoms with Crippen LogP contribution in [-0.4, -0.2) is 47.6 Å². The minimum absolute atomic E-state index is 0.00752. The van der Waals surface area contributed by atoms with Gasteiger partial charge in [-0.3, -0.25) is 9.59 Å². The van der Waals surface area contributed by atoms with Gasteiger partial charge >= 0.3 is 0 Å². The van der Waals surface area contributed by atoms with Gasteiger partial charge in [-0.2, -0.15) is 0 Å². The molecule has 5 heteroatoms. The van der Waals surface area contributed by atoms with E-state index in [9.17, 15) is 14.7 Å². The van der Waals surface area contributed by atoms with Crippen LogP contribution in [-0.2, 0) is 9.59 Å². The average molecular weight is 228 g/mol. The second-order valence-electron chi connectivity index (χ2n) is 4.91. The fourth-order valence-electron chi connectivity index (χ4n) is 1.62. The van der Waals surface area contributed by atoms with Gasteiger partial charge in [-0.25, -0.2) is 0 Å². The van der Waals surface area contributed by atoms with E-state index in [1.165, 1.54) is 0 Å². The summed E-state index contributed by atoms with van der Waals surface area (Å²) < 4.78 is 0. The molecule has 1 heterocycles. The molecule has 1 aliphatic rings. The third kappa shape index (κ3) is 2.72. The molecule has 2 N–H and O–H groups in total. The van der Waals surface area contributed by atoms with Crippen LogP contribution in [0.15, 0.2) is 0 Å². The molecule has 1 fully saturated rings. The number of piperidine rings is 1. The molecule has 0 aromatic carbocycles. The van der Waals surface area contributed by atoms with E-state index in [-0.39, 0.29) is 24.3 Å². The van der Waals surface area contributed by atoms with Crippen LogP contribution >= 0.6 is 0 Å². The summed E-state index contributed by atoms with van der Waals surface area (Å²) in [4.78, 5) is 24.6. The number of rotatable bonds is 3. The van der Waals surface area contributed by atoms with Gasteiger partial charge in [0.1, 0.15) is 0 Å². The topological polar surface area (TPSA) is 69.6 Å². The molecule has 92 valence electrons. The zero-order valence-corrected chi connectivity index (χ0v) is 10.1. The van der Waals surface area contributed by atoms with E-state index in [0.717, 1.165) is 0 Å². The van der Waals surface area contributed by atoms with Gasteiger partial charge in [0.25, 0.3) is 0 Å². The van der Waals surface area contributed by atoms with Gasteiger partial charge in [0, 0.05) is 20.0 Å². The summed E-state index contributed by atoms with van der Waals surface area (Å²) in [5.74, 6) is -0.166. The molecule has 0 radical (unpaired) electrons. The smallest absolute Gasteiger partial charge is 0.227 e. The van der Waals surface area contributed by atoms with Crippen molar-refractivity contribution in [2.45, 2.75) is 32.2 Å². The molecule has 0 aromatic heterocycles. The summed E-state index contributed by atoms with van der Waals surface area (Å²) in [7, 11) is 1.69. The molecule has 1 aliphatic heterocycles. The van der Waals surface area contributed by atoms with Crippen LogP contribution in [0.4, 0.5) is 0 Å². The van der Waals surface area contributed by atoms with Crippen LogP contribution in [0.25, 0.3) is 0 Å². The second kappa shape index (κ2) is 4.82. The van der Waals surface area contributed by atoms with Crippen molar-refractivity contribution in [3.8, 4) is 0 Å². The van der Waals surface area contributed by atoms with E-state index in [1.807, 2.05) is 13.8 Å². The lowest BCUT2D eigenvalue weighted by Gasteiger charge is -2.37. The summed E-state index contributed by atoms with van der Waals surface area (Å²) >= 11 is 0. The predicted molar refractivity (Wildman–Crippen MR) is 59.7 cm³/mol. The Morgan fingerprint density at radius 3 is 2.69 bits per heavy atom. The summed E-state index contributed by atoms with van der Waals surface area (Å²) in [5.41, 5.74) is -0.557. The number of nitrogens with zero attached hydrogens (tertiary/aromatic N) is 1. The third-order valence-corrected chi connectivity index (χ3v) is 3.24. The van der Waals surface area contributed by atoms with Gasteiger partial charge in [-0.1, -0.05) is 0 Å². The Balaban J connectivity index is 2.61. The maximum Gasteiger partial charge on any atom is 0.227 e. The Morgan fingerprint density at radius 1 is 1.62 bits per heavy atom. The molecule has 1 saturated heterocycles. The standard InChI is InChI=1S/C11H20N2O3/c1-11(2,7-14)13(3)10(16)8-4-5-9(15)12-6-8/h8,14H,4-7H2,1-3H3,(H,12,15). The molecule has 16 heavy (non-hydrogen) atoms. The molecular weight excluding hydrogens is 208 g/mol. The number of nitrogens with one attached hydrogen (secondary N) is 1. The first-order valence-corrected chi connectivity index (χ1v) is 5.53. The van der Waals surface area contributed by atoms with E-state index < -0.39 is 5.54 Å². The van der Waals surface area contributed by atoms with Gasteiger partial charge in [-0.05, 0) is 20.3 Å². The molecular formula is C11H20N2O3. The quantitative estimate of drug-likeness (QED) is 0.699. The van der Waals surface area contributed by atoms with E-state index >= 15 is 0 Å². The van der Waals surface area contributed by atoms with Crippen molar-refractivity contribution in [3.05, 3.63) is 0 Å². The highest BCUT2D eigenvalue weighted by Gasteiger charge is 2.33. The predicted octanol–water partition coefficient (Wildman–Crippen LogP) is -0.258. The average Bonchev–Trinajstić information content (AvgIpc) is 2.28. The van der Waals surface area contributed by atoms with Gasteiger partial charge in [0.2, 0.25) is 11.8 Å². The van der Waals surface area contributed by atoms with E-state index in [4.69, 9.17) is 0 Å². The van der Waals surface area contributed by atoms with E-state index in [0.29, 0.717) is 19.4 Å². The normalized spacial score (nSPS) is 21.5. The molecule has 0 aromatic rings. The number of carbonyl (C=O) groups excluding carboxylic acids is 2. The molecule has 0 aliphatic carbocycles. The summed E-state index contributed by atoms with van der Waals surface area (Å²) in [6, 6.07) is 0. The van der Waals surface area contributed by atoms with Crippen molar-refractivity contribution >= 4 is 11.8 Å². The second-order valence-corrected chi connectivity index (χ2v) is 4.91. The molecule has 1 unspecified atom stereocenters. The Kier molecular flexibility index (Phi) is 3.91. The molecule has 0 bridgehead atoms. The highest BCUT2D eigenvalue weighted by Crippen LogP contribution is 2.19. The van der Waals surface area contributed by atoms with Crippen LogP contribution < -0.4 is 5.32 Å². The van der Waals surface area contributed by atoms with E-state index in [2.05, 4.69) is 5.32 Å². The Bertz CT molecular complexity index is 279. The number of carbonyl (C=O) groups is 2. The van der Waals surface area contributed by atoms with Crippen molar-refractivity contribution in [3.63, 3.8) is 0 Å². The first-order valence-electron chi connectivity index (χ1n) is 5.53. The maximum atomic E-state index is 12.1. The lowest BCUT2D eigenvalue weighted by Crippen LogP contribution is -2.52. The van der Waals surface area contributed by atoms with Crippen LogP contribution in [0.1, 0.15) is 26.7 Å². The van der Waals surface area contributed by atoms with Gasteiger partial charge < -0.3 is 15.3 Å². The minimum Gasteiger partial charge on any atom is -0.394 e. The lowest BCUT2D eigenvalue weighted by atomic mass is 9.95. The largest absolute Gasteiger partial charge is 0.394 e. The fourth-order valence-corrected chi connectivity index (χ4v) is 1.62. The van der Waals surface area contributed by atoms with Crippen LogP contribution in [0, 0.1) is 5.92 Å². The SMILES string of the molecule is CN(C(=O)C1CCC(=O)NC1)C(C)(C)CO. The number of hydrogen-bond acceptors (Lipinski definition) is 3. The van der Waals surface area contributed by atoms with Crippen LogP contribution in [0.5, 0.6) is 0 Å². The zero-order valence-electron chi connectivity index (χ0n) is 10.1. The number of aliphatic hydroxyl groups is 1. The molecule has 0 spiro atoms. The first kappa shape index (κ1) is 13.0. The van der Waals surface area contributed by atoms with Crippen molar-refractivity contribution < 1.29 is 14.7 Å². The maximum absolute atomic E-state index is 12.1. The fraction of sp³-hybridized carbons (Fsp3) is 0.818. The van der Waals surface area contributed by atoms with Crippen LogP contribution in [0.2, 0.25) is 0 Å². The number of aliphatic hydroxyl groups excluding tert-OH is 1. The highest BCUT2D eigenvalue weighted by atomic mass is 16.3. The number of amides is 2. The molecule has 1 atom stereocenters. The monoisotopic (exact) mass is 228 g/mol.